The third-order valence-electron chi connectivity index (χ3n) is 2.21. The molecule has 5 nitrogen and oxygen atoms in total. The van der Waals surface area contributed by atoms with E-state index in [0.717, 1.165) is 0 Å². The molecule has 2 rings (SSSR count). The van der Waals surface area contributed by atoms with Crippen molar-refractivity contribution in [3.05, 3.63) is 17.7 Å². The quantitative estimate of drug-likeness (QED) is 0.626. The minimum absolute atomic E-state index is 0.0964. The van der Waals surface area contributed by atoms with Gasteiger partial charge in [0.1, 0.15) is 0 Å². The fourth-order valence-electron chi connectivity index (χ4n) is 1.49. The molecule has 0 saturated heterocycles. The second kappa shape index (κ2) is 4.30. The van der Waals surface area contributed by atoms with Crippen LogP contribution in [0.15, 0.2) is 12.1 Å². The van der Waals surface area contributed by atoms with Crippen molar-refractivity contribution in [1.82, 2.24) is 0 Å². The number of rotatable bonds is 3. The first-order chi connectivity index (χ1) is 7.76. The average Bonchev–Trinajstić information content (AvgIpc) is 2.75. The number of hydrogen-bond acceptors (Lipinski definition) is 5. The van der Waals surface area contributed by atoms with Gasteiger partial charge >= 0.3 is 0 Å². The van der Waals surface area contributed by atoms with E-state index in [2.05, 4.69) is 0 Å². The molecule has 0 unspecified atom stereocenters. The van der Waals surface area contributed by atoms with E-state index in [4.69, 9.17) is 24.4 Å². The van der Waals surface area contributed by atoms with E-state index in [-0.39, 0.29) is 12.7 Å². The maximum Gasteiger partial charge on any atom is 0.231 e. The first kappa shape index (κ1) is 10.6. The summed E-state index contributed by atoms with van der Waals surface area (Å²) < 4.78 is 20.8. The third kappa shape index (κ3) is 1.76. The Hall–Kier alpha value is -1.91. The van der Waals surface area contributed by atoms with E-state index in [1.165, 1.54) is 0 Å². The SMILES string of the molecule is CCOC(=N)c1cc(OC)c2c(c1)OCO2. The monoisotopic (exact) mass is 223 g/mol. The van der Waals surface area contributed by atoms with Crippen LogP contribution in [0.25, 0.3) is 0 Å². The van der Waals surface area contributed by atoms with Gasteiger partial charge in [0.2, 0.25) is 18.4 Å². The Balaban J connectivity index is 2.38. The van der Waals surface area contributed by atoms with Gasteiger partial charge in [0.15, 0.2) is 11.5 Å². The topological polar surface area (TPSA) is 60.8 Å². The predicted octanol–water partition coefficient (Wildman–Crippen LogP) is 1.79. The van der Waals surface area contributed by atoms with Gasteiger partial charge in [0, 0.05) is 5.56 Å². The van der Waals surface area contributed by atoms with Crippen LogP contribution in [0.5, 0.6) is 17.2 Å². The lowest BCUT2D eigenvalue weighted by Crippen LogP contribution is -2.05. The number of benzene rings is 1. The van der Waals surface area contributed by atoms with Gasteiger partial charge in [-0.3, -0.25) is 5.41 Å². The van der Waals surface area contributed by atoms with Crippen molar-refractivity contribution in [2.24, 2.45) is 0 Å². The van der Waals surface area contributed by atoms with Crippen molar-refractivity contribution in [2.45, 2.75) is 6.92 Å². The van der Waals surface area contributed by atoms with Gasteiger partial charge in [-0.15, -0.1) is 0 Å². The van der Waals surface area contributed by atoms with Crippen LogP contribution in [-0.4, -0.2) is 26.4 Å². The summed E-state index contributed by atoms with van der Waals surface area (Å²) in [5, 5.41) is 7.69. The first-order valence-electron chi connectivity index (χ1n) is 4.95. The van der Waals surface area contributed by atoms with Gasteiger partial charge in [-0.25, -0.2) is 0 Å². The molecule has 0 amide bonds. The highest BCUT2D eigenvalue weighted by atomic mass is 16.7. The van der Waals surface area contributed by atoms with Crippen molar-refractivity contribution in [3.8, 4) is 17.2 Å². The lowest BCUT2D eigenvalue weighted by Gasteiger charge is -2.09. The molecule has 16 heavy (non-hydrogen) atoms. The van der Waals surface area contributed by atoms with Crippen LogP contribution in [0, 0.1) is 5.41 Å². The minimum atomic E-state index is 0.0964. The molecule has 0 aliphatic carbocycles. The van der Waals surface area contributed by atoms with Crippen LogP contribution in [0.1, 0.15) is 12.5 Å². The molecule has 1 aliphatic rings. The lowest BCUT2D eigenvalue weighted by atomic mass is 10.2. The van der Waals surface area contributed by atoms with Gasteiger partial charge in [-0.2, -0.15) is 0 Å². The number of ether oxygens (including phenoxy) is 4. The van der Waals surface area contributed by atoms with Crippen LogP contribution < -0.4 is 14.2 Å². The van der Waals surface area contributed by atoms with Crippen LogP contribution in [0.2, 0.25) is 0 Å². The molecule has 0 saturated carbocycles. The van der Waals surface area contributed by atoms with Crippen molar-refractivity contribution in [1.29, 1.82) is 5.41 Å². The van der Waals surface area contributed by atoms with Crippen LogP contribution in [0.4, 0.5) is 0 Å². The first-order valence-corrected chi connectivity index (χ1v) is 4.95. The van der Waals surface area contributed by atoms with E-state index in [1.54, 1.807) is 19.2 Å². The normalized spacial score (nSPS) is 12.4. The average molecular weight is 223 g/mol. The molecule has 5 heteroatoms. The summed E-state index contributed by atoms with van der Waals surface area (Å²) in [6.45, 7) is 2.46. The van der Waals surface area contributed by atoms with Gasteiger partial charge in [-0.1, -0.05) is 0 Å². The Bertz CT molecular complexity index is 417. The maximum absolute atomic E-state index is 7.69. The summed E-state index contributed by atoms with van der Waals surface area (Å²) in [7, 11) is 1.55. The van der Waals surface area contributed by atoms with Gasteiger partial charge in [0.25, 0.3) is 0 Å². The Morgan fingerprint density at radius 3 is 2.94 bits per heavy atom. The molecule has 0 spiro atoms. The highest BCUT2D eigenvalue weighted by molar-refractivity contribution is 5.93. The predicted molar refractivity (Wildman–Crippen MR) is 57.6 cm³/mol. The van der Waals surface area contributed by atoms with Crippen LogP contribution in [0.3, 0.4) is 0 Å². The smallest absolute Gasteiger partial charge is 0.231 e. The lowest BCUT2D eigenvalue weighted by molar-refractivity contribution is 0.171. The number of nitrogens with one attached hydrogen (secondary N) is 1. The summed E-state index contributed by atoms with van der Waals surface area (Å²) >= 11 is 0. The Morgan fingerprint density at radius 2 is 2.25 bits per heavy atom. The molecule has 1 aromatic carbocycles. The molecule has 86 valence electrons. The summed E-state index contributed by atoms with van der Waals surface area (Å²) in [5.41, 5.74) is 0.614. The van der Waals surface area contributed by atoms with Crippen molar-refractivity contribution in [2.75, 3.05) is 20.5 Å². The standard InChI is InChI=1S/C11H13NO4/c1-3-14-11(12)7-4-8(13-2)10-9(5-7)15-6-16-10/h4-5,12H,3,6H2,1-2H3. The summed E-state index contributed by atoms with van der Waals surface area (Å²) in [5.74, 6) is 1.81. The van der Waals surface area contributed by atoms with E-state index < -0.39 is 0 Å². The molecule has 0 atom stereocenters. The third-order valence-corrected chi connectivity index (χ3v) is 2.21. The molecule has 1 N–H and O–H groups in total. The molecule has 0 radical (unpaired) electrons. The fourth-order valence-corrected chi connectivity index (χ4v) is 1.49. The van der Waals surface area contributed by atoms with Gasteiger partial charge in [-0.05, 0) is 19.1 Å². The minimum Gasteiger partial charge on any atom is -0.493 e. The Labute approximate surface area is 93.4 Å². The zero-order valence-corrected chi connectivity index (χ0v) is 9.20. The molecule has 1 heterocycles. The largest absolute Gasteiger partial charge is 0.493 e. The molecule has 0 aromatic heterocycles. The molecule has 0 bridgehead atoms. The van der Waals surface area contributed by atoms with Crippen LogP contribution in [-0.2, 0) is 4.74 Å². The van der Waals surface area contributed by atoms with Crippen LogP contribution >= 0.6 is 0 Å². The molecule has 0 fully saturated rings. The number of hydrogen-bond donors (Lipinski definition) is 1. The highest BCUT2D eigenvalue weighted by Gasteiger charge is 2.21. The van der Waals surface area contributed by atoms with E-state index in [1.807, 2.05) is 6.92 Å². The van der Waals surface area contributed by atoms with Crippen molar-refractivity contribution in [3.63, 3.8) is 0 Å². The second-order valence-corrected chi connectivity index (χ2v) is 3.17. The zero-order chi connectivity index (χ0) is 11.5. The van der Waals surface area contributed by atoms with E-state index >= 15 is 0 Å². The molecular weight excluding hydrogens is 210 g/mol. The summed E-state index contributed by atoms with van der Waals surface area (Å²) in [4.78, 5) is 0. The second-order valence-electron chi connectivity index (χ2n) is 3.17. The number of methoxy groups -OCH3 is 1. The maximum atomic E-state index is 7.69. The molecular formula is C11H13NO4. The molecule has 1 aliphatic heterocycles. The summed E-state index contributed by atoms with van der Waals surface area (Å²) in [6.07, 6.45) is 0. The number of fused-ring (bicyclic) bond motifs is 1. The summed E-state index contributed by atoms with van der Waals surface area (Å²) in [6, 6.07) is 3.41. The highest BCUT2D eigenvalue weighted by Crippen LogP contribution is 2.41. The van der Waals surface area contributed by atoms with E-state index in [0.29, 0.717) is 29.4 Å². The Morgan fingerprint density at radius 1 is 1.44 bits per heavy atom. The fraction of sp³-hybridized carbons (Fsp3) is 0.364. The van der Waals surface area contributed by atoms with Gasteiger partial charge in [0.05, 0.1) is 13.7 Å². The van der Waals surface area contributed by atoms with Crippen molar-refractivity contribution >= 4 is 5.90 Å². The Kier molecular flexibility index (Phi) is 2.85. The van der Waals surface area contributed by atoms with E-state index in [9.17, 15) is 0 Å². The van der Waals surface area contributed by atoms with Crippen molar-refractivity contribution < 1.29 is 18.9 Å². The molecule has 1 aromatic rings. The van der Waals surface area contributed by atoms with Gasteiger partial charge < -0.3 is 18.9 Å². The zero-order valence-electron chi connectivity index (χ0n) is 9.20.